The fourth-order valence-electron chi connectivity index (χ4n) is 2.40. The molecule has 2 rings (SSSR count). The number of carboxylic acids is 2. The summed E-state index contributed by atoms with van der Waals surface area (Å²) in [6.07, 6.45) is 4.07. The van der Waals surface area contributed by atoms with Crippen molar-refractivity contribution in [3.63, 3.8) is 0 Å². The Bertz CT molecular complexity index is 651. The largest absolute Gasteiger partial charge is 0.507 e. The molecule has 0 saturated carbocycles. The molecular formula is C15H15NO6. The summed E-state index contributed by atoms with van der Waals surface area (Å²) in [7, 11) is 0. The molecular weight excluding hydrogens is 290 g/mol. The molecule has 1 aliphatic rings. The first-order chi connectivity index (χ1) is 10.4. The number of carbonyl (C=O) groups is 3. The molecule has 1 aromatic carbocycles. The zero-order valence-electron chi connectivity index (χ0n) is 11.5. The Morgan fingerprint density at radius 1 is 1.05 bits per heavy atom. The van der Waals surface area contributed by atoms with Crippen molar-refractivity contribution in [2.45, 2.75) is 12.8 Å². The summed E-state index contributed by atoms with van der Waals surface area (Å²) >= 11 is 0. The maximum atomic E-state index is 12.2. The normalized spacial score (nSPS) is 20.4. The summed E-state index contributed by atoms with van der Waals surface area (Å²) in [4.78, 5) is 34.4. The van der Waals surface area contributed by atoms with Crippen molar-refractivity contribution in [1.29, 1.82) is 0 Å². The lowest BCUT2D eigenvalue weighted by Crippen LogP contribution is -2.34. The van der Waals surface area contributed by atoms with Crippen LogP contribution in [0.4, 0.5) is 5.69 Å². The second-order valence-electron chi connectivity index (χ2n) is 5.02. The van der Waals surface area contributed by atoms with E-state index in [1.54, 1.807) is 12.2 Å². The molecule has 1 amide bonds. The standard InChI is InChI=1S/C15H15NO6/c17-12-6-5-8(7-11(12)15(21)22)16-13(18)9-3-1-2-4-10(9)14(19)20/h1-2,5-7,9-10,17H,3-4H2,(H,16,18)(H,19,20)(H,21,22)/t9-,10-/m0/s1. The van der Waals surface area contributed by atoms with Crippen molar-refractivity contribution >= 4 is 23.5 Å². The Morgan fingerprint density at radius 3 is 2.27 bits per heavy atom. The number of carbonyl (C=O) groups excluding carboxylic acids is 1. The Labute approximate surface area is 125 Å². The van der Waals surface area contributed by atoms with E-state index >= 15 is 0 Å². The minimum absolute atomic E-state index is 0.193. The van der Waals surface area contributed by atoms with Gasteiger partial charge in [0.05, 0.1) is 11.8 Å². The van der Waals surface area contributed by atoms with Crippen molar-refractivity contribution in [3.8, 4) is 5.75 Å². The summed E-state index contributed by atoms with van der Waals surface area (Å²) in [5.41, 5.74) is -0.144. The van der Waals surface area contributed by atoms with Crippen LogP contribution < -0.4 is 5.32 Å². The van der Waals surface area contributed by atoms with Gasteiger partial charge in [-0.25, -0.2) is 4.79 Å². The molecule has 7 nitrogen and oxygen atoms in total. The average molecular weight is 305 g/mol. The van der Waals surface area contributed by atoms with Gasteiger partial charge in [0.1, 0.15) is 11.3 Å². The lowest BCUT2D eigenvalue weighted by molar-refractivity contribution is -0.146. The monoisotopic (exact) mass is 305 g/mol. The van der Waals surface area contributed by atoms with Crippen LogP contribution in [0, 0.1) is 11.8 Å². The first kappa shape index (κ1) is 15.6. The molecule has 4 N–H and O–H groups in total. The third-order valence-corrected chi connectivity index (χ3v) is 3.58. The van der Waals surface area contributed by atoms with Gasteiger partial charge in [0.15, 0.2) is 0 Å². The van der Waals surface area contributed by atoms with E-state index in [1.807, 2.05) is 0 Å². The molecule has 0 spiro atoms. The highest BCUT2D eigenvalue weighted by atomic mass is 16.4. The highest BCUT2D eigenvalue weighted by molar-refractivity contribution is 5.97. The third-order valence-electron chi connectivity index (χ3n) is 3.58. The molecule has 1 aromatic rings. The Balaban J connectivity index is 2.18. The van der Waals surface area contributed by atoms with E-state index in [-0.39, 0.29) is 17.7 Å². The van der Waals surface area contributed by atoms with Gasteiger partial charge in [-0.15, -0.1) is 0 Å². The lowest BCUT2D eigenvalue weighted by atomic mass is 9.82. The van der Waals surface area contributed by atoms with E-state index in [2.05, 4.69) is 5.32 Å². The number of rotatable bonds is 4. The number of nitrogens with one attached hydrogen (secondary N) is 1. The number of hydrogen-bond donors (Lipinski definition) is 4. The number of hydrogen-bond acceptors (Lipinski definition) is 4. The second-order valence-corrected chi connectivity index (χ2v) is 5.02. The van der Waals surface area contributed by atoms with Crippen LogP contribution in [0.25, 0.3) is 0 Å². The molecule has 0 aromatic heterocycles. The predicted molar refractivity (Wildman–Crippen MR) is 76.7 cm³/mol. The molecule has 0 saturated heterocycles. The van der Waals surface area contributed by atoms with Crippen molar-refractivity contribution in [3.05, 3.63) is 35.9 Å². The van der Waals surface area contributed by atoms with Gasteiger partial charge in [-0.2, -0.15) is 0 Å². The van der Waals surface area contributed by atoms with Gasteiger partial charge in [0, 0.05) is 5.69 Å². The molecule has 0 radical (unpaired) electrons. The number of anilines is 1. The number of allylic oxidation sites excluding steroid dienone is 2. The average Bonchev–Trinajstić information content (AvgIpc) is 2.48. The van der Waals surface area contributed by atoms with E-state index in [4.69, 9.17) is 10.2 Å². The van der Waals surface area contributed by atoms with Gasteiger partial charge < -0.3 is 20.6 Å². The topological polar surface area (TPSA) is 124 Å². The van der Waals surface area contributed by atoms with E-state index in [0.29, 0.717) is 6.42 Å². The molecule has 0 heterocycles. The highest BCUT2D eigenvalue weighted by Crippen LogP contribution is 2.28. The summed E-state index contributed by atoms with van der Waals surface area (Å²) in [6, 6.07) is 3.65. The van der Waals surface area contributed by atoms with Gasteiger partial charge in [0.25, 0.3) is 0 Å². The lowest BCUT2D eigenvalue weighted by Gasteiger charge is -2.24. The zero-order chi connectivity index (χ0) is 16.3. The SMILES string of the molecule is O=C(O)c1cc(NC(=O)[C@H]2CC=CC[C@@H]2C(=O)O)ccc1O. The number of aliphatic carboxylic acids is 1. The Morgan fingerprint density at radius 2 is 1.68 bits per heavy atom. The Hall–Kier alpha value is -2.83. The van der Waals surface area contributed by atoms with Crippen molar-refractivity contribution in [2.24, 2.45) is 11.8 Å². The summed E-state index contributed by atoms with van der Waals surface area (Å²) in [6.45, 7) is 0. The van der Waals surface area contributed by atoms with Crippen LogP contribution in [-0.4, -0.2) is 33.2 Å². The number of amides is 1. The molecule has 2 atom stereocenters. The Kier molecular flexibility index (Phi) is 4.45. The minimum atomic E-state index is -1.32. The van der Waals surface area contributed by atoms with E-state index in [0.717, 1.165) is 12.1 Å². The van der Waals surface area contributed by atoms with Crippen LogP contribution in [0.15, 0.2) is 30.4 Å². The first-order valence-electron chi connectivity index (χ1n) is 6.65. The molecule has 0 fully saturated rings. The predicted octanol–water partition coefficient (Wildman–Crippen LogP) is 1.70. The summed E-state index contributed by atoms with van der Waals surface area (Å²) < 4.78 is 0. The first-order valence-corrected chi connectivity index (χ1v) is 6.65. The van der Waals surface area contributed by atoms with E-state index in [1.165, 1.54) is 6.07 Å². The molecule has 0 aliphatic heterocycles. The van der Waals surface area contributed by atoms with Gasteiger partial charge in [-0.05, 0) is 31.0 Å². The summed E-state index contributed by atoms with van der Waals surface area (Å²) in [5.74, 6) is -4.78. The molecule has 116 valence electrons. The van der Waals surface area contributed by atoms with E-state index < -0.39 is 35.4 Å². The molecule has 22 heavy (non-hydrogen) atoms. The van der Waals surface area contributed by atoms with Crippen LogP contribution >= 0.6 is 0 Å². The highest BCUT2D eigenvalue weighted by Gasteiger charge is 2.34. The third kappa shape index (κ3) is 3.25. The van der Waals surface area contributed by atoms with Crippen LogP contribution in [0.5, 0.6) is 5.75 Å². The van der Waals surface area contributed by atoms with Crippen LogP contribution in [-0.2, 0) is 9.59 Å². The molecule has 1 aliphatic carbocycles. The zero-order valence-corrected chi connectivity index (χ0v) is 11.5. The van der Waals surface area contributed by atoms with Gasteiger partial charge in [-0.3, -0.25) is 9.59 Å². The van der Waals surface area contributed by atoms with E-state index in [9.17, 15) is 19.5 Å². The fourth-order valence-corrected chi connectivity index (χ4v) is 2.40. The number of aromatic hydroxyl groups is 1. The number of benzene rings is 1. The summed E-state index contributed by atoms with van der Waals surface area (Å²) in [5, 5.41) is 30.0. The smallest absolute Gasteiger partial charge is 0.339 e. The maximum Gasteiger partial charge on any atom is 0.339 e. The van der Waals surface area contributed by atoms with Crippen LogP contribution in [0.2, 0.25) is 0 Å². The second kappa shape index (κ2) is 6.30. The van der Waals surface area contributed by atoms with Crippen LogP contribution in [0.1, 0.15) is 23.2 Å². The fraction of sp³-hybridized carbons (Fsp3) is 0.267. The van der Waals surface area contributed by atoms with Crippen molar-refractivity contribution in [2.75, 3.05) is 5.32 Å². The number of phenols is 1. The van der Waals surface area contributed by atoms with Crippen molar-refractivity contribution < 1.29 is 29.7 Å². The van der Waals surface area contributed by atoms with Crippen LogP contribution in [0.3, 0.4) is 0 Å². The number of carboxylic acid groups (broad SMARTS) is 2. The number of aromatic carboxylic acids is 1. The van der Waals surface area contributed by atoms with Crippen molar-refractivity contribution in [1.82, 2.24) is 0 Å². The van der Waals surface area contributed by atoms with Gasteiger partial charge >= 0.3 is 11.9 Å². The van der Waals surface area contributed by atoms with Gasteiger partial charge in [0.2, 0.25) is 5.91 Å². The molecule has 7 heteroatoms. The quantitative estimate of drug-likeness (QED) is 0.496. The molecule has 0 bridgehead atoms. The molecule has 0 unspecified atom stereocenters. The maximum absolute atomic E-state index is 12.2. The minimum Gasteiger partial charge on any atom is -0.507 e. The van der Waals surface area contributed by atoms with Gasteiger partial charge in [-0.1, -0.05) is 12.2 Å².